The smallest absolute Gasteiger partial charge is 0.276 e. The number of hydrogen-bond acceptors (Lipinski definition) is 6. The van der Waals surface area contributed by atoms with Crippen LogP contribution in [-0.2, 0) is 24.4 Å². The molecule has 1 aliphatic rings. The SMILES string of the molecule is Nc1cc(Oc2ccc(NCc3c4n(n(-c5ccccc5)c3=O)CCOC4)cc2F)ccn1. The maximum atomic E-state index is 14.6. The van der Waals surface area contributed by atoms with Gasteiger partial charge in [-0.15, -0.1) is 0 Å². The Labute approximate surface area is 189 Å². The lowest BCUT2D eigenvalue weighted by atomic mass is 10.2. The van der Waals surface area contributed by atoms with Crippen molar-refractivity contribution in [2.75, 3.05) is 17.7 Å². The summed E-state index contributed by atoms with van der Waals surface area (Å²) in [6.07, 6.45) is 1.49. The minimum Gasteiger partial charge on any atom is -0.454 e. The first kappa shape index (κ1) is 20.8. The highest BCUT2D eigenvalue weighted by Gasteiger charge is 2.23. The maximum Gasteiger partial charge on any atom is 0.276 e. The summed E-state index contributed by atoms with van der Waals surface area (Å²) in [5.41, 5.74) is 8.24. The Morgan fingerprint density at radius 3 is 2.79 bits per heavy atom. The second-order valence-corrected chi connectivity index (χ2v) is 7.57. The number of halogens is 1. The van der Waals surface area contributed by atoms with Crippen molar-refractivity contribution in [1.29, 1.82) is 0 Å². The number of hydrogen-bond donors (Lipinski definition) is 2. The van der Waals surface area contributed by atoms with Crippen LogP contribution in [0.15, 0.2) is 71.7 Å². The molecule has 0 aliphatic carbocycles. The third-order valence-corrected chi connectivity index (χ3v) is 5.42. The van der Waals surface area contributed by atoms with Gasteiger partial charge in [0.2, 0.25) is 0 Å². The molecule has 2 aromatic carbocycles. The fraction of sp³-hybridized carbons (Fsp3) is 0.167. The number of anilines is 2. The van der Waals surface area contributed by atoms with Crippen LogP contribution in [0.3, 0.4) is 0 Å². The van der Waals surface area contributed by atoms with E-state index in [0.29, 0.717) is 36.8 Å². The van der Waals surface area contributed by atoms with Crippen LogP contribution in [-0.4, -0.2) is 21.0 Å². The molecule has 0 radical (unpaired) electrons. The van der Waals surface area contributed by atoms with Crippen molar-refractivity contribution in [1.82, 2.24) is 14.3 Å². The fourth-order valence-electron chi connectivity index (χ4n) is 3.86. The van der Waals surface area contributed by atoms with Gasteiger partial charge in [0.1, 0.15) is 11.6 Å². The Morgan fingerprint density at radius 1 is 1.15 bits per heavy atom. The Bertz CT molecular complexity index is 1350. The standard InChI is InChI=1S/C24H22FN5O3/c25-20-12-16(6-7-22(20)33-18-8-9-27-23(26)13-18)28-14-19-21-15-32-11-10-29(21)30(24(19)31)17-4-2-1-3-5-17/h1-9,12-13,28H,10-11,14-15H2,(H2,26,27). The second kappa shape index (κ2) is 8.79. The lowest BCUT2D eigenvalue weighted by Crippen LogP contribution is -2.26. The predicted octanol–water partition coefficient (Wildman–Crippen LogP) is 3.69. The average molecular weight is 447 g/mol. The number of nitrogens with zero attached hydrogens (tertiary/aromatic N) is 3. The predicted molar refractivity (Wildman–Crippen MR) is 122 cm³/mol. The van der Waals surface area contributed by atoms with Crippen molar-refractivity contribution in [2.24, 2.45) is 0 Å². The number of para-hydroxylation sites is 1. The van der Waals surface area contributed by atoms with Crippen LogP contribution in [0.25, 0.3) is 5.69 Å². The first-order valence-corrected chi connectivity index (χ1v) is 10.5. The molecule has 1 aliphatic heterocycles. The number of nitrogens with one attached hydrogen (secondary N) is 1. The molecule has 3 heterocycles. The number of rotatable bonds is 6. The molecule has 8 nitrogen and oxygen atoms in total. The Balaban J connectivity index is 1.38. The van der Waals surface area contributed by atoms with Gasteiger partial charge >= 0.3 is 0 Å². The molecule has 33 heavy (non-hydrogen) atoms. The highest BCUT2D eigenvalue weighted by molar-refractivity contribution is 5.49. The maximum absolute atomic E-state index is 14.6. The zero-order valence-electron chi connectivity index (χ0n) is 17.7. The van der Waals surface area contributed by atoms with Gasteiger partial charge in [0.05, 0.1) is 36.7 Å². The quantitative estimate of drug-likeness (QED) is 0.468. The van der Waals surface area contributed by atoms with Crippen LogP contribution < -0.4 is 21.3 Å². The summed E-state index contributed by atoms with van der Waals surface area (Å²) in [5.74, 6) is 0.197. The van der Waals surface area contributed by atoms with E-state index in [1.807, 2.05) is 35.0 Å². The summed E-state index contributed by atoms with van der Waals surface area (Å²) in [7, 11) is 0. The second-order valence-electron chi connectivity index (χ2n) is 7.57. The van der Waals surface area contributed by atoms with Crippen molar-refractivity contribution in [3.8, 4) is 17.2 Å². The van der Waals surface area contributed by atoms with Crippen LogP contribution >= 0.6 is 0 Å². The molecular weight excluding hydrogens is 425 g/mol. The highest BCUT2D eigenvalue weighted by atomic mass is 19.1. The molecule has 168 valence electrons. The number of benzene rings is 2. The van der Waals surface area contributed by atoms with Crippen LogP contribution in [0.1, 0.15) is 11.3 Å². The lowest BCUT2D eigenvalue weighted by molar-refractivity contribution is 0.0766. The number of pyridine rings is 1. The summed E-state index contributed by atoms with van der Waals surface area (Å²) in [5, 5.41) is 3.15. The minimum absolute atomic E-state index is 0.0622. The molecule has 0 atom stereocenters. The largest absolute Gasteiger partial charge is 0.454 e. The first-order chi connectivity index (χ1) is 16.1. The van der Waals surface area contributed by atoms with Gasteiger partial charge < -0.3 is 20.5 Å². The third kappa shape index (κ3) is 4.18. The first-order valence-electron chi connectivity index (χ1n) is 10.5. The molecule has 0 unspecified atom stereocenters. The van der Waals surface area contributed by atoms with Gasteiger partial charge in [-0.1, -0.05) is 18.2 Å². The number of fused-ring (bicyclic) bond motifs is 1. The van der Waals surface area contributed by atoms with Gasteiger partial charge in [-0.05, 0) is 30.3 Å². The van der Waals surface area contributed by atoms with E-state index in [2.05, 4.69) is 10.3 Å². The summed E-state index contributed by atoms with van der Waals surface area (Å²) in [6, 6.07) is 17.1. The molecule has 0 amide bonds. The normalized spacial score (nSPS) is 12.9. The number of nitrogen functional groups attached to an aromatic ring is 1. The van der Waals surface area contributed by atoms with Crippen molar-refractivity contribution in [3.63, 3.8) is 0 Å². The van der Waals surface area contributed by atoms with Gasteiger partial charge in [0.25, 0.3) is 5.56 Å². The van der Waals surface area contributed by atoms with Gasteiger partial charge in [-0.3, -0.25) is 9.48 Å². The lowest BCUT2D eigenvalue weighted by Gasteiger charge is -2.20. The van der Waals surface area contributed by atoms with Crippen LogP contribution in [0.4, 0.5) is 15.9 Å². The summed E-state index contributed by atoms with van der Waals surface area (Å²) < 4.78 is 29.4. The molecular formula is C24H22FN5O3. The number of ether oxygens (including phenoxy) is 2. The summed E-state index contributed by atoms with van der Waals surface area (Å²) >= 11 is 0. The molecule has 0 fully saturated rings. The van der Waals surface area contributed by atoms with E-state index in [1.54, 1.807) is 16.8 Å². The Hall–Kier alpha value is -4.11. The summed E-state index contributed by atoms with van der Waals surface area (Å²) in [4.78, 5) is 17.2. The number of nitrogens with two attached hydrogens (primary N) is 1. The average Bonchev–Trinajstić information content (AvgIpc) is 3.11. The Morgan fingerprint density at radius 2 is 2.00 bits per heavy atom. The molecule has 0 saturated carbocycles. The topological polar surface area (TPSA) is 96.3 Å². The van der Waals surface area contributed by atoms with E-state index in [1.165, 1.54) is 24.4 Å². The van der Waals surface area contributed by atoms with Crippen LogP contribution in [0, 0.1) is 5.82 Å². The van der Waals surface area contributed by atoms with Crippen molar-refractivity contribution >= 4 is 11.5 Å². The van der Waals surface area contributed by atoms with Gasteiger partial charge in [0.15, 0.2) is 11.6 Å². The van der Waals surface area contributed by atoms with Crippen molar-refractivity contribution < 1.29 is 13.9 Å². The summed E-state index contributed by atoms with van der Waals surface area (Å²) in [6.45, 7) is 1.70. The van der Waals surface area contributed by atoms with Crippen LogP contribution in [0.5, 0.6) is 11.5 Å². The molecule has 0 bridgehead atoms. The Kier molecular flexibility index (Phi) is 5.54. The van der Waals surface area contributed by atoms with E-state index in [0.717, 1.165) is 11.4 Å². The van der Waals surface area contributed by atoms with Gasteiger partial charge in [0, 0.05) is 30.6 Å². The van der Waals surface area contributed by atoms with E-state index in [-0.39, 0.29) is 23.7 Å². The number of aromatic nitrogens is 3. The molecule has 0 saturated heterocycles. The highest BCUT2D eigenvalue weighted by Crippen LogP contribution is 2.27. The molecule has 2 aromatic heterocycles. The molecule has 5 rings (SSSR count). The van der Waals surface area contributed by atoms with Gasteiger partial charge in [-0.2, -0.15) is 0 Å². The van der Waals surface area contributed by atoms with Gasteiger partial charge in [-0.25, -0.2) is 14.1 Å². The molecule has 0 spiro atoms. The fourth-order valence-corrected chi connectivity index (χ4v) is 3.86. The zero-order chi connectivity index (χ0) is 22.8. The minimum atomic E-state index is -0.542. The van der Waals surface area contributed by atoms with E-state index < -0.39 is 5.82 Å². The van der Waals surface area contributed by atoms with E-state index in [4.69, 9.17) is 15.2 Å². The van der Waals surface area contributed by atoms with E-state index >= 15 is 0 Å². The van der Waals surface area contributed by atoms with Crippen LogP contribution in [0.2, 0.25) is 0 Å². The monoisotopic (exact) mass is 447 g/mol. The molecule has 3 N–H and O–H groups in total. The third-order valence-electron chi connectivity index (χ3n) is 5.42. The van der Waals surface area contributed by atoms with Crippen molar-refractivity contribution in [3.05, 3.63) is 94.3 Å². The molecule has 4 aromatic rings. The molecule has 9 heteroatoms. The van der Waals surface area contributed by atoms with Crippen molar-refractivity contribution in [2.45, 2.75) is 19.7 Å². The zero-order valence-corrected chi connectivity index (χ0v) is 17.7. The van der Waals surface area contributed by atoms with E-state index in [9.17, 15) is 9.18 Å².